The lowest BCUT2D eigenvalue weighted by Gasteiger charge is -2.12. The molecular weight excluding hydrogens is 380 g/mol. The Morgan fingerprint density at radius 1 is 0.867 bits per heavy atom. The normalized spacial score (nSPS) is 10.5. The smallest absolute Gasteiger partial charge is 0.251 e. The van der Waals surface area contributed by atoms with Crippen LogP contribution in [0.5, 0.6) is 17.2 Å². The molecule has 0 atom stereocenters. The van der Waals surface area contributed by atoms with Crippen LogP contribution in [0, 0.1) is 0 Å². The number of rotatable bonds is 14. The predicted octanol–water partition coefficient (Wildman–Crippen LogP) is 4.18. The van der Waals surface area contributed by atoms with Crippen LogP contribution in [0.4, 0.5) is 0 Å². The fraction of sp³-hybridized carbons (Fsp3) is 0.458. The van der Waals surface area contributed by atoms with Crippen LogP contribution >= 0.6 is 0 Å². The zero-order valence-corrected chi connectivity index (χ0v) is 18.3. The van der Waals surface area contributed by atoms with E-state index in [1.54, 1.807) is 18.2 Å². The molecule has 0 bridgehead atoms. The SMILES string of the molecule is CCCCNCCOc1ccc(CNC(=O)c2ccc(OCC)c(OCC)c2)cc1. The quantitative estimate of drug-likeness (QED) is 0.454. The van der Waals surface area contributed by atoms with Crippen LogP contribution in [-0.4, -0.2) is 38.8 Å². The van der Waals surface area contributed by atoms with Gasteiger partial charge in [-0.3, -0.25) is 4.79 Å². The van der Waals surface area contributed by atoms with E-state index in [0.717, 1.165) is 24.4 Å². The molecule has 0 saturated heterocycles. The molecule has 6 nitrogen and oxygen atoms in total. The van der Waals surface area contributed by atoms with Crippen LogP contribution in [0.3, 0.4) is 0 Å². The number of hydrogen-bond acceptors (Lipinski definition) is 5. The van der Waals surface area contributed by atoms with Crippen LogP contribution < -0.4 is 24.8 Å². The molecule has 2 N–H and O–H groups in total. The Hall–Kier alpha value is -2.73. The first-order chi connectivity index (χ1) is 14.7. The third kappa shape index (κ3) is 7.95. The minimum absolute atomic E-state index is 0.155. The summed E-state index contributed by atoms with van der Waals surface area (Å²) < 4.78 is 16.9. The van der Waals surface area contributed by atoms with Crippen LogP contribution in [0.1, 0.15) is 49.5 Å². The third-order valence-corrected chi connectivity index (χ3v) is 4.44. The highest BCUT2D eigenvalue weighted by Gasteiger charge is 2.11. The Labute approximate surface area is 179 Å². The summed E-state index contributed by atoms with van der Waals surface area (Å²) in [5.74, 6) is 1.90. The molecule has 0 aliphatic carbocycles. The summed E-state index contributed by atoms with van der Waals surface area (Å²) >= 11 is 0. The average Bonchev–Trinajstić information content (AvgIpc) is 2.77. The second-order valence-electron chi connectivity index (χ2n) is 6.81. The van der Waals surface area contributed by atoms with E-state index < -0.39 is 0 Å². The van der Waals surface area contributed by atoms with Crippen LogP contribution in [0.25, 0.3) is 0 Å². The molecule has 2 aromatic rings. The van der Waals surface area contributed by atoms with E-state index in [-0.39, 0.29) is 5.91 Å². The van der Waals surface area contributed by atoms with Gasteiger partial charge in [-0.25, -0.2) is 0 Å². The molecule has 0 aromatic heterocycles. The fourth-order valence-corrected chi connectivity index (χ4v) is 2.85. The third-order valence-electron chi connectivity index (χ3n) is 4.44. The van der Waals surface area contributed by atoms with Gasteiger partial charge in [0, 0.05) is 18.7 Å². The first-order valence-corrected chi connectivity index (χ1v) is 10.8. The van der Waals surface area contributed by atoms with Crippen molar-refractivity contribution in [2.24, 2.45) is 0 Å². The van der Waals surface area contributed by atoms with E-state index in [1.165, 1.54) is 12.8 Å². The van der Waals surface area contributed by atoms with E-state index >= 15 is 0 Å². The monoisotopic (exact) mass is 414 g/mol. The molecule has 30 heavy (non-hydrogen) atoms. The van der Waals surface area contributed by atoms with Crippen LogP contribution in [-0.2, 0) is 6.54 Å². The van der Waals surface area contributed by atoms with E-state index in [2.05, 4.69) is 17.6 Å². The standard InChI is InChI=1S/C24H34N2O4/c1-4-7-14-25-15-16-30-21-11-8-19(9-12-21)18-26-24(27)20-10-13-22(28-5-2)23(17-20)29-6-3/h8-13,17,25H,4-7,14-16,18H2,1-3H3,(H,26,27). The lowest BCUT2D eigenvalue weighted by atomic mass is 10.1. The average molecular weight is 415 g/mol. The second-order valence-corrected chi connectivity index (χ2v) is 6.81. The number of amides is 1. The van der Waals surface area contributed by atoms with E-state index in [9.17, 15) is 4.79 Å². The zero-order valence-electron chi connectivity index (χ0n) is 18.3. The summed E-state index contributed by atoms with van der Waals surface area (Å²) in [4.78, 5) is 12.5. The number of ether oxygens (including phenoxy) is 3. The Balaban J connectivity index is 1.82. The molecule has 1 amide bonds. The topological polar surface area (TPSA) is 68.8 Å². The number of carbonyl (C=O) groups excluding carboxylic acids is 1. The molecule has 6 heteroatoms. The molecule has 2 rings (SSSR count). The summed E-state index contributed by atoms with van der Waals surface area (Å²) in [5.41, 5.74) is 1.55. The number of nitrogens with one attached hydrogen (secondary N) is 2. The van der Waals surface area contributed by atoms with Crippen molar-refractivity contribution in [3.05, 3.63) is 53.6 Å². The van der Waals surface area contributed by atoms with Gasteiger partial charge < -0.3 is 24.8 Å². The molecule has 0 aliphatic rings. The Morgan fingerprint density at radius 2 is 1.60 bits per heavy atom. The van der Waals surface area contributed by atoms with Gasteiger partial charge in [0.15, 0.2) is 11.5 Å². The van der Waals surface area contributed by atoms with E-state index in [4.69, 9.17) is 14.2 Å². The summed E-state index contributed by atoms with van der Waals surface area (Å²) in [6.45, 7) is 9.99. The Bertz CT molecular complexity index is 762. The summed E-state index contributed by atoms with van der Waals surface area (Å²) in [7, 11) is 0. The van der Waals surface area contributed by atoms with E-state index in [1.807, 2.05) is 38.1 Å². The number of unbranched alkanes of at least 4 members (excludes halogenated alkanes) is 1. The van der Waals surface area contributed by atoms with Crippen molar-refractivity contribution < 1.29 is 19.0 Å². The number of benzene rings is 2. The Morgan fingerprint density at radius 3 is 2.30 bits per heavy atom. The van der Waals surface area contributed by atoms with Crippen LogP contribution in [0.15, 0.2) is 42.5 Å². The molecule has 0 saturated carbocycles. The van der Waals surface area contributed by atoms with Crippen molar-refractivity contribution in [2.45, 2.75) is 40.2 Å². The molecule has 0 aliphatic heterocycles. The first kappa shape index (κ1) is 23.5. The summed E-state index contributed by atoms with van der Waals surface area (Å²) in [5, 5.41) is 6.29. The molecule has 2 aromatic carbocycles. The van der Waals surface area contributed by atoms with Crippen LogP contribution in [0.2, 0.25) is 0 Å². The fourth-order valence-electron chi connectivity index (χ4n) is 2.85. The molecule has 0 spiro atoms. The highest BCUT2D eigenvalue weighted by Crippen LogP contribution is 2.28. The zero-order chi connectivity index (χ0) is 21.6. The maximum absolute atomic E-state index is 12.5. The lowest BCUT2D eigenvalue weighted by molar-refractivity contribution is 0.0950. The number of carbonyl (C=O) groups is 1. The van der Waals surface area contributed by atoms with Gasteiger partial charge in [0.2, 0.25) is 0 Å². The predicted molar refractivity (Wildman–Crippen MR) is 120 cm³/mol. The molecule has 0 unspecified atom stereocenters. The highest BCUT2D eigenvalue weighted by atomic mass is 16.5. The molecule has 164 valence electrons. The molecular formula is C24H34N2O4. The minimum atomic E-state index is -0.155. The minimum Gasteiger partial charge on any atom is -0.492 e. The van der Waals surface area contributed by atoms with Crippen molar-refractivity contribution in [3.8, 4) is 17.2 Å². The van der Waals surface area contributed by atoms with Crippen molar-refractivity contribution in [2.75, 3.05) is 32.9 Å². The van der Waals surface area contributed by atoms with Gasteiger partial charge in [0.1, 0.15) is 12.4 Å². The molecule has 0 fully saturated rings. The molecule has 0 heterocycles. The van der Waals surface area contributed by atoms with E-state index in [0.29, 0.717) is 43.4 Å². The van der Waals surface area contributed by atoms with Gasteiger partial charge in [-0.1, -0.05) is 25.5 Å². The van der Waals surface area contributed by atoms with Gasteiger partial charge in [-0.05, 0) is 62.7 Å². The maximum Gasteiger partial charge on any atom is 0.251 e. The largest absolute Gasteiger partial charge is 0.492 e. The van der Waals surface area contributed by atoms with Crippen molar-refractivity contribution >= 4 is 5.91 Å². The lowest BCUT2D eigenvalue weighted by Crippen LogP contribution is -2.23. The summed E-state index contributed by atoms with van der Waals surface area (Å²) in [6, 6.07) is 13.0. The Kier molecular flexibility index (Phi) is 10.6. The maximum atomic E-state index is 12.5. The van der Waals surface area contributed by atoms with Gasteiger partial charge in [-0.2, -0.15) is 0 Å². The summed E-state index contributed by atoms with van der Waals surface area (Å²) in [6.07, 6.45) is 2.38. The highest BCUT2D eigenvalue weighted by molar-refractivity contribution is 5.94. The van der Waals surface area contributed by atoms with Crippen molar-refractivity contribution in [3.63, 3.8) is 0 Å². The van der Waals surface area contributed by atoms with Gasteiger partial charge in [0.05, 0.1) is 13.2 Å². The van der Waals surface area contributed by atoms with Gasteiger partial charge in [0.25, 0.3) is 5.91 Å². The van der Waals surface area contributed by atoms with Gasteiger partial charge in [-0.15, -0.1) is 0 Å². The van der Waals surface area contributed by atoms with Gasteiger partial charge >= 0.3 is 0 Å². The second kappa shape index (κ2) is 13.5. The van der Waals surface area contributed by atoms with Crippen molar-refractivity contribution in [1.29, 1.82) is 0 Å². The first-order valence-electron chi connectivity index (χ1n) is 10.8. The number of hydrogen-bond donors (Lipinski definition) is 2. The van der Waals surface area contributed by atoms with Crippen molar-refractivity contribution in [1.82, 2.24) is 10.6 Å². The molecule has 0 radical (unpaired) electrons.